The number of pyridine rings is 1. The number of ether oxygens (including phenoxy) is 2. The quantitative estimate of drug-likeness (QED) is 0.425. The van der Waals surface area contributed by atoms with E-state index in [9.17, 15) is 4.79 Å². The number of benzene rings is 1. The fourth-order valence-electron chi connectivity index (χ4n) is 2.37. The van der Waals surface area contributed by atoms with Gasteiger partial charge in [-0.25, -0.2) is 0 Å². The van der Waals surface area contributed by atoms with E-state index in [1.165, 1.54) is 16.7 Å². The number of aromatic nitrogens is 1. The lowest BCUT2D eigenvalue weighted by Crippen LogP contribution is -2.27. The van der Waals surface area contributed by atoms with Gasteiger partial charge in [-0.3, -0.25) is 14.7 Å². The number of thioether (sulfide) groups is 1. The minimum Gasteiger partial charge on any atom is -0.493 e. The normalized spacial score (nSPS) is 15.4. The predicted molar refractivity (Wildman–Crippen MR) is 109 cm³/mol. The Morgan fingerprint density at radius 2 is 2.19 bits per heavy atom. The molecule has 0 N–H and O–H groups in total. The number of thiocarbonyl (C=S) groups is 1. The second-order valence-electron chi connectivity index (χ2n) is 5.24. The van der Waals surface area contributed by atoms with Crippen LogP contribution >= 0.6 is 24.0 Å². The van der Waals surface area contributed by atoms with Crippen molar-refractivity contribution in [2.45, 2.75) is 0 Å². The third-order valence-electron chi connectivity index (χ3n) is 3.54. The highest BCUT2D eigenvalue weighted by atomic mass is 32.2. The topological polar surface area (TPSA) is 51.7 Å². The summed E-state index contributed by atoms with van der Waals surface area (Å²) in [5.74, 6) is 1.04. The molecule has 0 bridgehead atoms. The van der Waals surface area contributed by atoms with E-state index in [0.29, 0.717) is 33.0 Å². The van der Waals surface area contributed by atoms with E-state index in [1.54, 1.807) is 49.9 Å². The highest BCUT2D eigenvalue weighted by Gasteiger charge is 2.33. The van der Waals surface area contributed by atoms with Crippen LogP contribution < -0.4 is 14.4 Å². The molecule has 26 heavy (non-hydrogen) atoms. The van der Waals surface area contributed by atoms with E-state index in [0.717, 1.165) is 5.56 Å². The summed E-state index contributed by atoms with van der Waals surface area (Å²) in [5, 5.41) is 0. The highest BCUT2D eigenvalue weighted by Crippen LogP contribution is 2.36. The van der Waals surface area contributed by atoms with Gasteiger partial charge in [0.25, 0.3) is 5.91 Å². The number of methoxy groups -OCH3 is 1. The molecule has 1 aromatic carbocycles. The standard InChI is InChI=1S/C19H16N2O3S2/c1-3-9-24-15-7-6-13(10-16(15)23-2)11-17-18(22)21(19(25)26-17)14-5-4-8-20-12-14/h3-8,10-12H,1,9H2,2H3/b17-11-. The molecule has 1 aliphatic heterocycles. The molecule has 1 aromatic heterocycles. The highest BCUT2D eigenvalue weighted by molar-refractivity contribution is 8.27. The van der Waals surface area contributed by atoms with Gasteiger partial charge in [0.2, 0.25) is 0 Å². The van der Waals surface area contributed by atoms with Crippen LogP contribution in [0.2, 0.25) is 0 Å². The average molecular weight is 384 g/mol. The number of carbonyl (C=O) groups is 1. The van der Waals surface area contributed by atoms with Crippen molar-refractivity contribution in [3.63, 3.8) is 0 Å². The van der Waals surface area contributed by atoms with Gasteiger partial charge in [-0.15, -0.1) is 0 Å². The first-order valence-corrected chi connectivity index (χ1v) is 8.96. The molecule has 0 saturated carbocycles. The van der Waals surface area contributed by atoms with Gasteiger partial charge in [0.05, 0.1) is 23.9 Å². The Balaban J connectivity index is 1.87. The average Bonchev–Trinajstić information content (AvgIpc) is 2.94. The number of hydrogen-bond donors (Lipinski definition) is 0. The third kappa shape index (κ3) is 3.79. The Bertz CT molecular complexity index is 882. The van der Waals surface area contributed by atoms with Crippen molar-refractivity contribution in [2.75, 3.05) is 18.6 Å². The van der Waals surface area contributed by atoms with Crippen LogP contribution in [0, 0.1) is 0 Å². The number of amides is 1. The fraction of sp³-hybridized carbons (Fsp3) is 0.105. The predicted octanol–water partition coefficient (Wildman–Crippen LogP) is 4.06. The van der Waals surface area contributed by atoms with Gasteiger partial charge in [-0.05, 0) is 35.9 Å². The van der Waals surface area contributed by atoms with Gasteiger partial charge >= 0.3 is 0 Å². The number of nitrogens with zero attached hydrogens (tertiary/aromatic N) is 2. The maximum Gasteiger partial charge on any atom is 0.270 e. The zero-order valence-electron chi connectivity index (χ0n) is 14.0. The summed E-state index contributed by atoms with van der Waals surface area (Å²) in [4.78, 5) is 18.8. The van der Waals surface area contributed by atoms with Crippen molar-refractivity contribution < 1.29 is 14.3 Å². The molecule has 2 aromatic rings. The van der Waals surface area contributed by atoms with Crippen LogP contribution in [0.15, 0.2) is 60.3 Å². The second-order valence-corrected chi connectivity index (χ2v) is 6.91. The molecule has 0 spiro atoms. The number of carbonyl (C=O) groups excluding carboxylic acids is 1. The SMILES string of the molecule is C=CCOc1ccc(/C=C2\SC(=S)N(c3cccnc3)C2=O)cc1OC. The van der Waals surface area contributed by atoms with Crippen molar-refractivity contribution in [3.05, 3.63) is 65.8 Å². The summed E-state index contributed by atoms with van der Waals surface area (Å²) in [7, 11) is 1.57. The van der Waals surface area contributed by atoms with Gasteiger partial charge in [-0.2, -0.15) is 0 Å². The Hall–Kier alpha value is -2.64. The summed E-state index contributed by atoms with van der Waals surface area (Å²) >= 11 is 6.61. The van der Waals surface area contributed by atoms with Crippen molar-refractivity contribution in [2.24, 2.45) is 0 Å². The van der Waals surface area contributed by atoms with Crippen LogP contribution in [0.1, 0.15) is 5.56 Å². The first kappa shape index (κ1) is 18.2. The maximum absolute atomic E-state index is 12.7. The lowest BCUT2D eigenvalue weighted by atomic mass is 10.2. The van der Waals surface area contributed by atoms with Crippen LogP contribution in [0.3, 0.4) is 0 Å². The van der Waals surface area contributed by atoms with Crippen LogP contribution in [-0.2, 0) is 4.79 Å². The molecule has 1 saturated heterocycles. The molecule has 0 aliphatic carbocycles. The summed E-state index contributed by atoms with van der Waals surface area (Å²) in [6.45, 7) is 4.02. The molecule has 0 unspecified atom stereocenters. The molecule has 0 atom stereocenters. The Morgan fingerprint density at radius 1 is 1.35 bits per heavy atom. The van der Waals surface area contributed by atoms with E-state index in [4.69, 9.17) is 21.7 Å². The van der Waals surface area contributed by atoms with E-state index in [2.05, 4.69) is 11.6 Å². The third-order valence-corrected chi connectivity index (χ3v) is 4.84. The number of rotatable bonds is 6. The van der Waals surface area contributed by atoms with Crippen LogP contribution in [-0.4, -0.2) is 28.9 Å². The molecule has 0 radical (unpaired) electrons. The molecule has 1 amide bonds. The summed E-state index contributed by atoms with van der Waals surface area (Å²) < 4.78 is 11.4. The molecule has 132 valence electrons. The lowest BCUT2D eigenvalue weighted by Gasteiger charge is -2.13. The molecule has 1 aliphatic rings. The fourth-order valence-corrected chi connectivity index (χ4v) is 3.67. The largest absolute Gasteiger partial charge is 0.493 e. The number of anilines is 1. The number of hydrogen-bond acceptors (Lipinski definition) is 6. The minimum atomic E-state index is -0.168. The van der Waals surface area contributed by atoms with Gasteiger partial charge in [0, 0.05) is 6.20 Å². The molecule has 1 fully saturated rings. The van der Waals surface area contributed by atoms with Crippen molar-refractivity contribution >= 4 is 46.0 Å². The second kappa shape index (κ2) is 8.16. The molecule has 7 heteroatoms. The first-order chi connectivity index (χ1) is 12.6. The Labute approximate surface area is 161 Å². The Morgan fingerprint density at radius 3 is 2.88 bits per heavy atom. The van der Waals surface area contributed by atoms with E-state index >= 15 is 0 Å². The summed E-state index contributed by atoms with van der Waals surface area (Å²) in [6.07, 6.45) is 6.72. The van der Waals surface area contributed by atoms with Crippen molar-refractivity contribution in [1.82, 2.24) is 4.98 Å². The molecular formula is C19H16N2O3S2. The Kier molecular flexibility index (Phi) is 5.70. The molecule has 3 rings (SSSR count). The zero-order valence-corrected chi connectivity index (χ0v) is 15.7. The van der Waals surface area contributed by atoms with Crippen LogP contribution in [0.4, 0.5) is 5.69 Å². The van der Waals surface area contributed by atoms with Crippen LogP contribution in [0.25, 0.3) is 6.08 Å². The van der Waals surface area contributed by atoms with E-state index in [-0.39, 0.29) is 5.91 Å². The van der Waals surface area contributed by atoms with Crippen LogP contribution in [0.5, 0.6) is 11.5 Å². The smallest absolute Gasteiger partial charge is 0.270 e. The van der Waals surface area contributed by atoms with Gasteiger partial charge < -0.3 is 9.47 Å². The van der Waals surface area contributed by atoms with Crippen molar-refractivity contribution in [3.8, 4) is 11.5 Å². The maximum atomic E-state index is 12.7. The first-order valence-electron chi connectivity index (χ1n) is 7.73. The van der Waals surface area contributed by atoms with Gasteiger partial charge in [-0.1, -0.05) is 42.7 Å². The summed E-state index contributed by atoms with van der Waals surface area (Å²) in [5.41, 5.74) is 1.48. The molecular weight excluding hydrogens is 368 g/mol. The lowest BCUT2D eigenvalue weighted by molar-refractivity contribution is -0.113. The molecule has 5 nitrogen and oxygen atoms in total. The van der Waals surface area contributed by atoms with Gasteiger partial charge in [0.15, 0.2) is 15.8 Å². The van der Waals surface area contributed by atoms with Crippen molar-refractivity contribution in [1.29, 1.82) is 0 Å². The molecule has 2 heterocycles. The zero-order chi connectivity index (χ0) is 18.5. The summed E-state index contributed by atoms with van der Waals surface area (Å²) in [6, 6.07) is 9.04. The minimum absolute atomic E-state index is 0.168. The van der Waals surface area contributed by atoms with E-state index in [1.807, 2.05) is 12.1 Å². The monoisotopic (exact) mass is 384 g/mol. The van der Waals surface area contributed by atoms with E-state index < -0.39 is 0 Å². The van der Waals surface area contributed by atoms with Gasteiger partial charge in [0.1, 0.15) is 6.61 Å².